The SMILES string of the molecule is CN1CC[C@@]2(Cc3ccc(C(=O)NO)cc3C2)C1=O. The molecule has 5 nitrogen and oxygen atoms in total. The first kappa shape index (κ1) is 12.2. The lowest BCUT2D eigenvalue weighted by Crippen LogP contribution is -2.32. The first-order chi connectivity index (χ1) is 9.05. The second-order valence-corrected chi connectivity index (χ2v) is 5.54. The minimum absolute atomic E-state index is 0.205. The van der Waals surface area contributed by atoms with Gasteiger partial charge in [-0.25, -0.2) is 5.48 Å². The Hall–Kier alpha value is -1.88. The Labute approximate surface area is 111 Å². The molecule has 2 amide bonds. The number of nitrogens with one attached hydrogen (secondary N) is 1. The summed E-state index contributed by atoms with van der Waals surface area (Å²) in [5.74, 6) is -0.310. The van der Waals surface area contributed by atoms with Crippen molar-refractivity contribution in [2.45, 2.75) is 19.3 Å². The summed E-state index contributed by atoms with van der Waals surface area (Å²) in [4.78, 5) is 25.5. The number of hydrogen-bond acceptors (Lipinski definition) is 3. The Bertz CT molecular complexity index is 570. The van der Waals surface area contributed by atoms with E-state index in [1.807, 2.05) is 13.1 Å². The maximum atomic E-state index is 12.3. The molecule has 1 heterocycles. The van der Waals surface area contributed by atoms with Crippen LogP contribution in [0.1, 0.15) is 27.9 Å². The van der Waals surface area contributed by atoms with Gasteiger partial charge in [-0.1, -0.05) is 6.07 Å². The largest absolute Gasteiger partial charge is 0.345 e. The summed E-state index contributed by atoms with van der Waals surface area (Å²) in [5.41, 5.74) is 3.95. The molecule has 100 valence electrons. The predicted octanol–water partition coefficient (Wildman–Crippen LogP) is 0.753. The third-order valence-corrected chi connectivity index (χ3v) is 4.35. The molecule has 1 aliphatic carbocycles. The molecule has 1 aromatic carbocycles. The first-order valence-corrected chi connectivity index (χ1v) is 6.37. The van der Waals surface area contributed by atoms with Crippen molar-refractivity contribution in [3.05, 3.63) is 34.9 Å². The zero-order valence-electron chi connectivity index (χ0n) is 10.8. The van der Waals surface area contributed by atoms with Crippen molar-refractivity contribution in [1.82, 2.24) is 10.4 Å². The first-order valence-electron chi connectivity index (χ1n) is 6.37. The van der Waals surface area contributed by atoms with Crippen LogP contribution in [0, 0.1) is 5.41 Å². The normalized spacial score (nSPS) is 24.9. The van der Waals surface area contributed by atoms with Crippen LogP contribution in [0.4, 0.5) is 0 Å². The molecule has 1 aliphatic heterocycles. The maximum absolute atomic E-state index is 12.3. The maximum Gasteiger partial charge on any atom is 0.274 e. The van der Waals surface area contributed by atoms with Gasteiger partial charge in [0.1, 0.15) is 0 Å². The van der Waals surface area contributed by atoms with E-state index in [4.69, 9.17) is 5.21 Å². The van der Waals surface area contributed by atoms with Crippen LogP contribution in [0.3, 0.4) is 0 Å². The van der Waals surface area contributed by atoms with Crippen molar-refractivity contribution in [3.8, 4) is 0 Å². The number of rotatable bonds is 1. The van der Waals surface area contributed by atoms with Gasteiger partial charge in [0, 0.05) is 19.2 Å². The molecule has 1 aromatic rings. The molecule has 1 spiro atoms. The topological polar surface area (TPSA) is 69.6 Å². The van der Waals surface area contributed by atoms with Gasteiger partial charge in [0.25, 0.3) is 5.91 Å². The van der Waals surface area contributed by atoms with E-state index in [2.05, 4.69) is 0 Å². The molecule has 2 N–H and O–H groups in total. The smallest absolute Gasteiger partial charge is 0.274 e. The van der Waals surface area contributed by atoms with Gasteiger partial charge in [0.05, 0.1) is 5.41 Å². The zero-order chi connectivity index (χ0) is 13.6. The van der Waals surface area contributed by atoms with Crippen molar-refractivity contribution in [1.29, 1.82) is 0 Å². The highest BCUT2D eigenvalue weighted by atomic mass is 16.5. The Balaban J connectivity index is 1.93. The Kier molecular flexibility index (Phi) is 2.60. The van der Waals surface area contributed by atoms with Gasteiger partial charge in [-0.05, 0) is 42.5 Å². The van der Waals surface area contributed by atoms with E-state index in [0.717, 1.165) is 30.5 Å². The number of hydrogen-bond donors (Lipinski definition) is 2. The number of hydroxylamine groups is 1. The summed E-state index contributed by atoms with van der Waals surface area (Å²) in [5, 5.41) is 8.66. The molecular weight excluding hydrogens is 244 g/mol. The second-order valence-electron chi connectivity index (χ2n) is 5.54. The molecule has 0 radical (unpaired) electrons. The van der Waals surface area contributed by atoms with E-state index in [0.29, 0.717) is 12.0 Å². The molecule has 1 saturated heterocycles. The molecule has 3 rings (SSSR count). The standard InChI is InChI=1S/C14H16N2O3/c1-16-5-4-14(13(16)18)7-10-3-2-9(12(17)15-19)6-11(10)8-14/h2-3,6,19H,4-5,7-8H2,1H3,(H,15,17)/t14-/m0/s1. The summed E-state index contributed by atoms with van der Waals surface area (Å²) in [6, 6.07) is 5.36. The third-order valence-electron chi connectivity index (χ3n) is 4.35. The van der Waals surface area contributed by atoms with Crippen LogP contribution in [-0.4, -0.2) is 35.5 Å². The van der Waals surface area contributed by atoms with Crippen LogP contribution in [0.2, 0.25) is 0 Å². The van der Waals surface area contributed by atoms with Crippen molar-refractivity contribution in [2.24, 2.45) is 5.41 Å². The van der Waals surface area contributed by atoms with Crippen LogP contribution in [-0.2, 0) is 17.6 Å². The van der Waals surface area contributed by atoms with Gasteiger partial charge in [0.2, 0.25) is 5.91 Å². The van der Waals surface area contributed by atoms with Crippen LogP contribution >= 0.6 is 0 Å². The van der Waals surface area contributed by atoms with Crippen LogP contribution in [0.25, 0.3) is 0 Å². The lowest BCUT2D eigenvalue weighted by atomic mass is 9.83. The molecule has 0 aromatic heterocycles. The van der Waals surface area contributed by atoms with Crippen molar-refractivity contribution >= 4 is 11.8 Å². The molecule has 1 fully saturated rings. The van der Waals surface area contributed by atoms with Crippen molar-refractivity contribution in [2.75, 3.05) is 13.6 Å². The van der Waals surface area contributed by atoms with E-state index in [9.17, 15) is 9.59 Å². The van der Waals surface area contributed by atoms with Gasteiger partial charge in [0.15, 0.2) is 0 Å². The van der Waals surface area contributed by atoms with Gasteiger partial charge >= 0.3 is 0 Å². The number of fused-ring (bicyclic) bond motifs is 1. The van der Waals surface area contributed by atoms with Crippen molar-refractivity contribution < 1.29 is 14.8 Å². The number of carbonyl (C=O) groups is 2. The van der Waals surface area contributed by atoms with Crippen LogP contribution in [0.5, 0.6) is 0 Å². The summed E-state index contributed by atoms with van der Waals surface area (Å²) in [7, 11) is 1.84. The Morgan fingerprint density at radius 3 is 2.74 bits per heavy atom. The summed E-state index contributed by atoms with van der Waals surface area (Å²) in [6.45, 7) is 0.802. The van der Waals surface area contributed by atoms with Gasteiger partial charge < -0.3 is 4.90 Å². The fourth-order valence-corrected chi connectivity index (χ4v) is 3.28. The van der Waals surface area contributed by atoms with E-state index >= 15 is 0 Å². The molecule has 0 unspecified atom stereocenters. The van der Waals surface area contributed by atoms with Crippen LogP contribution in [0.15, 0.2) is 18.2 Å². The fourth-order valence-electron chi connectivity index (χ4n) is 3.28. The molecule has 0 bridgehead atoms. The number of carbonyl (C=O) groups excluding carboxylic acids is 2. The predicted molar refractivity (Wildman–Crippen MR) is 67.8 cm³/mol. The molecule has 0 saturated carbocycles. The van der Waals surface area contributed by atoms with Crippen molar-refractivity contribution in [3.63, 3.8) is 0 Å². The highest BCUT2D eigenvalue weighted by Crippen LogP contribution is 2.44. The van der Waals surface area contributed by atoms with E-state index in [1.165, 1.54) is 0 Å². The van der Waals surface area contributed by atoms with Gasteiger partial charge in [-0.3, -0.25) is 14.8 Å². The molecule has 19 heavy (non-hydrogen) atoms. The highest BCUT2D eigenvalue weighted by Gasteiger charge is 2.48. The molecular formula is C14H16N2O3. The number of benzene rings is 1. The summed E-state index contributed by atoms with van der Waals surface area (Å²) < 4.78 is 0. The molecule has 1 atom stereocenters. The van der Waals surface area contributed by atoms with Crippen LogP contribution < -0.4 is 5.48 Å². The fraction of sp³-hybridized carbons (Fsp3) is 0.429. The third kappa shape index (κ3) is 1.73. The number of likely N-dealkylation sites (tertiary alicyclic amines) is 1. The molecule has 2 aliphatic rings. The average molecular weight is 260 g/mol. The lowest BCUT2D eigenvalue weighted by Gasteiger charge is -2.20. The average Bonchev–Trinajstić information content (AvgIpc) is 2.92. The zero-order valence-corrected chi connectivity index (χ0v) is 10.8. The number of amides is 2. The monoisotopic (exact) mass is 260 g/mol. The highest BCUT2D eigenvalue weighted by molar-refractivity contribution is 5.94. The lowest BCUT2D eigenvalue weighted by molar-refractivity contribution is -0.134. The number of nitrogens with zero attached hydrogens (tertiary/aromatic N) is 1. The summed E-state index contributed by atoms with van der Waals surface area (Å²) >= 11 is 0. The second kappa shape index (κ2) is 4.06. The Morgan fingerprint density at radius 2 is 2.11 bits per heavy atom. The van der Waals surface area contributed by atoms with E-state index in [-0.39, 0.29) is 11.3 Å². The van der Waals surface area contributed by atoms with E-state index < -0.39 is 5.91 Å². The van der Waals surface area contributed by atoms with E-state index in [1.54, 1.807) is 22.5 Å². The van der Waals surface area contributed by atoms with Gasteiger partial charge in [-0.2, -0.15) is 0 Å². The van der Waals surface area contributed by atoms with Gasteiger partial charge in [-0.15, -0.1) is 0 Å². The summed E-state index contributed by atoms with van der Waals surface area (Å²) in [6.07, 6.45) is 2.32. The minimum Gasteiger partial charge on any atom is -0.345 e. The molecule has 5 heteroatoms. The Morgan fingerprint density at radius 1 is 1.37 bits per heavy atom. The minimum atomic E-state index is -0.515. The quantitative estimate of drug-likeness (QED) is 0.578.